The fourth-order valence-corrected chi connectivity index (χ4v) is 3.22. The van der Waals surface area contributed by atoms with Crippen LogP contribution in [0, 0.1) is 13.8 Å². The summed E-state index contributed by atoms with van der Waals surface area (Å²) in [6, 6.07) is 11.9. The van der Waals surface area contributed by atoms with E-state index in [0.717, 1.165) is 28.7 Å². The van der Waals surface area contributed by atoms with Crippen LogP contribution < -0.4 is 0 Å². The molecule has 172 valence electrons. The lowest BCUT2D eigenvalue weighted by molar-refractivity contribution is -0.141. The van der Waals surface area contributed by atoms with Crippen LogP contribution in [0.2, 0.25) is 0 Å². The second-order valence-electron chi connectivity index (χ2n) is 7.20. The maximum absolute atomic E-state index is 11.0. The fraction of sp³-hybridized carbons (Fsp3) is 0.417. The molecular weight excluding hydrogens is 430 g/mol. The number of methoxy groups -OCH3 is 2. The van der Waals surface area contributed by atoms with E-state index in [-0.39, 0.29) is 11.9 Å². The maximum atomic E-state index is 11.0. The van der Waals surface area contributed by atoms with E-state index in [1.54, 1.807) is 0 Å². The van der Waals surface area contributed by atoms with Crippen molar-refractivity contribution >= 4 is 23.5 Å². The number of benzene rings is 2. The molecule has 0 spiro atoms. The molecule has 32 heavy (non-hydrogen) atoms. The van der Waals surface area contributed by atoms with Crippen LogP contribution in [0.4, 0.5) is 0 Å². The van der Waals surface area contributed by atoms with E-state index in [2.05, 4.69) is 25.6 Å². The molecule has 7 nitrogen and oxygen atoms in total. The molecule has 0 heterocycles. The predicted molar refractivity (Wildman–Crippen MR) is 125 cm³/mol. The van der Waals surface area contributed by atoms with E-state index in [9.17, 15) is 9.59 Å². The van der Waals surface area contributed by atoms with Crippen LogP contribution in [0.25, 0.3) is 10.4 Å². The molecule has 0 aliphatic heterocycles. The molecule has 0 bridgehead atoms. The molecular formula is C24H30ClN3O4. The van der Waals surface area contributed by atoms with Gasteiger partial charge in [-0.3, -0.25) is 9.59 Å². The van der Waals surface area contributed by atoms with Crippen molar-refractivity contribution in [1.29, 1.82) is 0 Å². The first-order valence-corrected chi connectivity index (χ1v) is 10.7. The highest BCUT2D eigenvalue weighted by atomic mass is 35.5. The minimum atomic E-state index is -0.206. The van der Waals surface area contributed by atoms with Crippen molar-refractivity contribution in [3.05, 3.63) is 80.2 Å². The Labute approximate surface area is 194 Å². The summed E-state index contributed by atoms with van der Waals surface area (Å²) in [5.41, 5.74) is 14.9. The Morgan fingerprint density at radius 2 is 1.38 bits per heavy atom. The maximum Gasteiger partial charge on any atom is 0.305 e. The van der Waals surface area contributed by atoms with Gasteiger partial charge in [0.05, 0.1) is 20.8 Å². The molecule has 0 amide bonds. The van der Waals surface area contributed by atoms with Crippen molar-refractivity contribution in [3.8, 4) is 0 Å². The van der Waals surface area contributed by atoms with Gasteiger partial charge in [0.1, 0.15) is 0 Å². The molecule has 0 atom stereocenters. The third-order valence-corrected chi connectivity index (χ3v) is 5.25. The molecule has 0 N–H and O–H groups in total. The van der Waals surface area contributed by atoms with Crippen LogP contribution >= 0.6 is 11.6 Å². The SMILES string of the molecule is COC(=O)CCc1ccc(CCl)cc1C.COC(=O)CCc1ccc(CN=[N+]=[N-])cc1C. The van der Waals surface area contributed by atoms with Crippen molar-refractivity contribution in [2.24, 2.45) is 5.11 Å². The Kier molecular flexibility index (Phi) is 12.6. The van der Waals surface area contributed by atoms with Crippen molar-refractivity contribution < 1.29 is 19.1 Å². The normalized spacial score (nSPS) is 9.78. The molecule has 2 aromatic rings. The standard InChI is InChI=1S/C12H15ClO2.C12H15N3O2/c1-9-7-10(8-13)3-4-11(9)5-6-12(14)15-2;1-9-7-10(8-14-15-13)3-4-11(9)5-6-12(16)17-2/h3-4,7H,5-6,8H2,1-2H3;3-4,7H,5-6,8H2,1-2H3. The summed E-state index contributed by atoms with van der Waals surface area (Å²) in [7, 11) is 2.80. The minimum absolute atomic E-state index is 0.171. The van der Waals surface area contributed by atoms with Gasteiger partial charge in [-0.15, -0.1) is 11.6 Å². The van der Waals surface area contributed by atoms with Crippen LogP contribution in [0.3, 0.4) is 0 Å². The minimum Gasteiger partial charge on any atom is -0.469 e. The molecule has 0 radical (unpaired) electrons. The van der Waals surface area contributed by atoms with Gasteiger partial charge in [0.2, 0.25) is 0 Å². The summed E-state index contributed by atoms with van der Waals surface area (Å²) >= 11 is 5.73. The highest BCUT2D eigenvalue weighted by molar-refractivity contribution is 6.17. The zero-order valence-electron chi connectivity index (χ0n) is 19.1. The number of carbonyl (C=O) groups is 2. The first-order valence-electron chi connectivity index (χ1n) is 10.2. The molecule has 0 aliphatic carbocycles. The average Bonchev–Trinajstić information content (AvgIpc) is 2.81. The Hall–Kier alpha value is -3.02. The topological polar surface area (TPSA) is 101 Å². The summed E-state index contributed by atoms with van der Waals surface area (Å²) < 4.78 is 9.19. The lowest BCUT2D eigenvalue weighted by atomic mass is 10.0. The molecule has 0 fully saturated rings. The summed E-state index contributed by atoms with van der Waals surface area (Å²) in [5.74, 6) is 0.149. The van der Waals surface area contributed by atoms with Gasteiger partial charge in [-0.2, -0.15) is 0 Å². The highest BCUT2D eigenvalue weighted by Gasteiger charge is 2.05. The van der Waals surface area contributed by atoms with E-state index in [1.807, 2.05) is 44.2 Å². The summed E-state index contributed by atoms with van der Waals surface area (Å²) in [6.45, 7) is 4.36. The first kappa shape index (κ1) is 27.0. The number of esters is 2. The number of hydrogen-bond donors (Lipinski definition) is 0. The third-order valence-electron chi connectivity index (χ3n) is 4.94. The molecule has 8 heteroatoms. The largest absolute Gasteiger partial charge is 0.469 e. The molecule has 0 unspecified atom stereocenters. The van der Waals surface area contributed by atoms with Gasteiger partial charge in [-0.25, -0.2) is 0 Å². The number of halogens is 1. The van der Waals surface area contributed by atoms with Gasteiger partial charge < -0.3 is 9.47 Å². The third kappa shape index (κ3) is 9.86. The first-order chi connectivity index (χ1) is 15.3. The average molecular weight is 460 g/mol. The number of alkyl halides is 1. The Bertz CT molecular complexity index is 956. The number of carbonyl (C=O) groups excluding carboxylic acids is 2. The zero-order chi connectivity index (χ0) is 23.9. The fourth-order valence-electron chi connectivity index (χ4n) is 3.05. The number of aryl methyl sites for hydroxylation is 4. The number of azide groups is 1. The van der Waals surface area contributed by atoms with E-state index in [1.165, 1.54) is 25.3 Å². The van der Waals surface area contributed by atoms with Crippen LogP contribution in [0.15, 0.2) is 41.5 Å². The van der Waals surface area contributed by atoms with Gasteiger partial charge in [-0.05, 0) is 65.6 Å². The van der Waals surface area contributed by atoms with E-state index >= 15 is 0 Å². The molecule has 0 aliphatic rings. The van der Waals surface area contributed by atoms with E-state index in [0.29, 0.717) is 31.7 Å². The van der Waals surface area contributed by atoms with Gasteiger partial charge in [0, 0.05) is 23.6 Å². The quantitative estimate of drug-likeness (QED) is 0.156. The van der Waals surface area contributed by atoms with E-state index < -0.39 is 0 Å². The lowest BCUT2D eigenvalue weighted by Crippen LogP contribution is -2.03. The smallest absolute Gasteiger partial charge is 0.305 e. The van der Waals surface area contributed by atoms with Crippen molar-refractivity contribution in [2.75, 3.05) is 14.2 Å². The number of rotatable bonds is 9. The Balaban J connectivity index is 0.000000323. The van der Waals surface area contributed by atoms with Crippen molar-refractivity contribution in [2.45, 2.75) is 52.0 Å². The second-order valence-corrected chi connectivity index (χ2v) is 7.46. The highest BCUT2D eigenvalue weighted by Crippen LogP contribution is 2.15. The van der Waals surface area contributed by atoms with Crippen LogP contribution in [0.5, 0.6) is 0 Å². The van der Waals surface area contributed by atoms with Crippen LogP contribution in [-0.2, 0) is 44.3 Å². The molecule has 2 aromatic carbocycles. The monoisotopic (exact) mass is 459 g/mol. The molecule has 0 saturated carbocycles. The molecule has 2 rings (SSSR count). The summed E-state index contributed by atoms with van der Waals surface area (Å²) in [4.78, 5) is 24.7. The Morgan fingerprint density at radius 3 is 1.78 bits per heavy atom. The van der Waals surface area contributed by atoms with Gasteiger partial charge in [-0.1, -0.05) is 41.5 Å². The Morgan fingerprint density at radius 1 is 0.906 bits per heavy atom. The van der Waals surface area contributed by atoms with Crippen LogP contribution in [0.1, 0.15) is 46.2 Å². The number of hydrogen-bond acceptors (Lipinski definition) is 5. The summed E-state index contributed by atoms with van der Waals surface area (Å²) in [5, 5.41) is 3.51. The predicted octanol–water partition coefficient (Wildman–Crippen LogP) is 5.75. The lowest BCUT2D eigenvalue weighted by Gasteiger charge is -2.06. The second kappa shape index (κ2) is 14.9. The molecule has 0 saturated heterocycles. The van der Waals surface area contributed by atoms with Crippen molar-refractivity contribution in [3.63, 3.8) is 0 Å². The van der Waals surface area contributed by atoms with Crippen LogP contribution in [-0.4, -0.2) is 26.2 Å². The number of nitrogens with zero attached hydrogens (tertiary/aromatic N) is 3. The van der Waals surface area contributed by atoms with E-state index in [4.69, 9.17) is 17.1 Å². The van der Waals surface area contributed by atoms with Crippen molar-refractivity contribution in [1.82, 2.24) is 0 Å². The van der Waals surface area contributed by atoms with Gasteiger partial charge in [0.15, 0.2) is 0 Å². The van der Waals surface area contributed by atoms with Gasteiger partial charge >= 0.3 is 11.9 Å². The zero-order valence-corrected chi connectivity index (χ0v) is 19.8. The van der Waals surface area contributed by atoms with Gasteiger partial charge in [0.25, 0.3) is 0 Å². The number of ether oxygens (including phenoxy) is 2. The summed E-state index contributed by atoms with van der Waals surface area (Å²) in [6.07, 6.45) is 2.20. The molecule has 0 aromatic heterocycles.